The first-order chi connectivity index (χ1) is 16.3. The number of benzene rings is 2. The minimum absolute atomic E-state index is 0.0694. The largest absolute Gasteiger partial charge is 0.463 e. The fraction of sp³-hybridized carbons (Fsp3) is 0.280. The van der Waals surface area contributed by atoms with Gasteiger partial charge >= 0.3 is 5.97 Å². The molecule has 0 fully saturated rings. The molecule has 1 atom stereocenters. The zero-order chi connectivity index (χ0) is 24.4. The number of hydrogen-bond donors (Lipinski definition) is 1. The third-order valence-corrected chi connectivity index (χ3v) is 6.25. The van der Waals surface area contributed by atoms with Crippen LogP contribution in [0.2, 0.25) is 5.02 Å². The SMILES string of the molecule is CCOC(=O)C1=C(C)N(CC(=O)Nc2cccc(Cl)c2C)c2ncnn2C1c1ccc(C)cc1. The highest BCUT2D eigenvalue weighted by molar-refractivity contribution is 6.31. The number of carbonyl (C=O) groups excluding carboxylic acids is 2. The molecule has 176 valence electrons. The number of nitrogens with zero attached hydrogens (tertiary/aromatic N) is 4. The number of esters is 1. The molecule has 1 unspecified atom stereocenters. The molecule has 0 aliphatic carbocycles. The van der Waals surface area contributed by atoms with Crippen LogP contribution in [0.15, 0.2) is 60.1 Å². The molecule has 4 rings (SSSR count). The number of nitrogens with one attached hydrogen (secondary N) is 1. The second-order valence-corrected chi connectivity index (χ2v) is 8.49. The molecule has 3 aromatic rings. The Labute approximate surface area is 203 Å². The van der Waals surface area contributed by atoms with E-state index in [1.54, 1.807) is 41.6 Å². The maximum atomic E-state index is 13.1. The Morgan fingerprint density at radius 3 is 2.56 bits per heavy atom. The predicted molar refractivity (Wildman–Crippen MR) is 131 cm³/mol. The summed E-state index contributed by atoms with van der Waals surface area (Å²) in [5, 5.41) is 7.87. The Hall–Kier alpha value is -3.65. The van der Waals surface area contributed by atoms with Crippen molar-refractivity contribution in [3.8, 4) is 0 Å². The van der Waals surface area contributed by atoms with Crippen molar-refractivity contribution in [2.45, 2.75) is 33.7 Å². The van der Waals surface area contributed by atoms with Crippen molar-refractivity contribution in [1.29, 1.82) is 0 Å². The highest BCUT2D eigenvalue weighted by Gasteiger charge is 2.38. The van der Waals surface area contributed by atoms with Gasteiger partial charge < -0.3 is 15.0 Å². The van der Waals surface area contributed by atoms with Gasteiger partial charge in [-0.15, -0.1) is 0 Å². The van der Waals surface area contributed by atoms with Gasteiger partial charge in [-0.05, 0) is 51.0 Å². The number of carbonyl (C=O) groups is 2. The highest BCUT2D eigenvalue weighted by atomic mass is 35.5. The Morgan fingerprint density at radius 2 is 1.85 bits per heavy atom. The topological polar surface area (TPSA) is 89.3 Å². The lowest BCUT2D eigenvalue weighted by atomic mass is 9.94. The van der Waals surface area contributed by atoms with E-state index in [2.05, 4.69) is 15.4 Å². The zero-order valence-corrected chi connectivity index (χ0v) is 20.3. The average molecular weight is 480 g/mol. The number of halogens is 1. The van der Waals surface area contributed by atoms with Crippen LogP contribution >= 0.6 is 11.6 Å². The second kappa shape index (κ2) is 9.69. The van der Waals surface area contributed by atoms with Gasteiger partial charge in [0.25, 0.3) is 0 Å². The maximum Gasteiger partial charge on any atom is 0.338 e. The number of aryl methyl sites for hydroxylation is 1. The molecule has 0 spiro atoms. The number of ether oxygens (including phenoxy) is 1. The Balaban J connectivity index is 1.73. The van der Waals surface area contributed by atoms with E-state index in [1.165, 1.54) is 6.33 Å². The summed E-state index contributed by atoms with van der Waals surface area (Å²) in [5.41, 5.74) is 4.38. The first-order valence-electron chi connectivity index (χ1n) is 11.0. The summed E-state index contributed by atoms with van der Waals surface area (Å²) in [6.07, 6.45) is 1.42. The lowest BCUT2D eigenvalue weighted by molar-refractivity contribution is -0.139. The van der Waals surface area contributed by atoms with E-state index < -0.39 is 12.0 Å². The maximum absolute atomic E-state index is 13.1. The quantitative estimate of drug-likeness (QED) is 0.526. The number of allylic oxidation sites excluding steroid dienone is 1. The van der Waals surface area contributed by atoms with Gasteiger partial charge in [-0.25, -0.2) is 9.48 Å². The molecule has 34 heavy (non-hydrogen) atoms. The molecule has 2 aromatic carbocycles. The van der Waals surface area contributed by atoms with Crippen molar-refractivity contribution in [3.63, 3.8) is 0 Å². The van der Waals surface area contributed by atoms with Gasteiger partial charge in [-0.2, -0.15) is 10.1 Å². The fourth-order valence-electron chi connectivity index (χ4n) is 4.03. The Morgan fingerprint density at radius 1 is 1.12 bits per heavy atom. The van der Waals surface area contributed by atoms with E-state index in [1.807, 2.05) is 38.1 Å². The van der Waals surface area contributed by atoms with Crippen molar-refractivity contribution in [1.82, 2.24) is 14.8 Å². The van der Waals surface area contributed by atoms with Crippen LogP contribution in [-0.4, -0.2) is 39.8 Å². The number of hydrogen-bond acceptors (Lipinski definition) is 6. The monoisotopic (exact) mass is 479 g/mol. The van der Waals surface area contributed by atoms with Gasteiger partial charge in [0.15, 0.2) is 0 Å². The Kier molecular flexibility index (Phi) is 6.70. The molecule has 2 heterocycles. The summed E-state index contributed by atoms with van der Waals surface area (Å²) in [6, 6.07) is 12.7. The summed E-state index contributed by atoms with van der Waals surface area (Å²) in [6.45, 7) is 7.56. The summed E-state index contributed by atoms with van der Waals surface area (Å²) < 4.78 is 7.05. The molecule has 0 radical (unpaired) electrons. The molecule has 0 saturated carbocycles. The lowest BCUT2D eigenvalue weighted by Crippen LogP contribution is -2.41. The van der Waals surface area contributed by atoms with Gasteiger partial charge in [0.2, 0.25) is 11.9 Å². The smallest absolute Gasteiger partial charge is 0.338 e. The van der Waals surface area contributed by atoms with Crippen LogP contribution in [0.4, 0.5) is 11.6 Å². The third-order valence-electron chi connectivity index (χ3n) is 5.84. The van der Waals surface area contributed by atoms with Crippen molar-refractivity contribution in [3.05, 3.63) is 81.8 Å². The van der Waals surface area contributed by atoms with E-state index in [9.17, 15) is 9.59 Å². The van der Waals surface area contributed by atoms with Crippen molar-refractivity contribution < 1.29 is 14.3 Å². The summed E-state index contributed by atoms with van der Waals surface area (Å²) >= 11 is 6.19. The van der Waals surface area contributed by atoms with Crippen LogP contribution in [0.1, 0.15) is 36.6 Å². The number of rotatable bonds is 6. The van der Waals surface area contributed by atoms with Crippen LogP contribution < -0.4 is 10.2 Å². The number of aromatic nitrogens is 3. The molecule has 0 bridgehead atoms. The standard InChI is InChI=1S/C25H26ClN5O3/c1-5-34-24(33)22-17(4)30(13-21(32)29-20-8-6-7-19(26)16(20)3)25-27-14-28-31(25)23(22)18-11-9-15(2)10-12-18/h6-12,14,23H,5,13H2,1-4H3,(H,29,32). The van der Waals surface area contributed by atoms with Crippen molar-refractivity contribution >= 4 is 35.1 Å². The molecule has 1 aromatic heterocycles. The highest BCUT2D eigenvalue weighted by Crippen LogP contribution is 2.38. The molecule has 1 N–H and O–H groups in total. The molecular weight excluding hydrogens is 454 g/mol. The molecule has 0 saturated heterocycles. The van der Waals surface area contributed by atoms with E-state index in [0.717, 1.165) is 16.7 Å². The minimum Gasteiger partial charge on any atom is -0.463 e. The molecule has 8 nitrogen and oxygen atoms in total. The second-order valence-electron chi connectivity index (χ2n) is 8.08. The fourth-order valence-corrected chi connectivity index (χ4v) is 4.20. The number of anilines is 2. The van der Waals surface area contributed by atoms with Crippen molar-refractivity contribution in [2.24, 2.45) is 0 Å². The molecular formula is C25H26ClN5O3. The van der Waals surface area contributed by atoms with Crippen LogP contribution in [0.3, 0.4) is 0 Å². The van der Waals surface area contributed by atoms with Gasteiger partial charge in [0.05, 0.1) is 12.2 Å². The summed E-state index contributed by atoms with van der Waals surface area (Å²) in [7, 11) is 0. The van der Waals surface area contributed by atoms with E-state index in [-0.39, 0.29) is 19.1 Å². The average Bonchev–Trinajstić information content (AvgIpc) is 3.29. The third kappa shape index (κ3) is 4.41. The first kappa shape index (κ1) is 23.5. The molecule has 1 aliphatic rings. The number of amides is 1. The molecule has 1 aliphatic heterocycles. The minimum atomic E-state index is -0.522. The summed E-state index contributed by atoms with van der Waals surface area (Å²) in [5.74, 6) is -0.270. The first-order valence-corrected chi connectivity index (χ1v) is 11.4. The van der Waals surface area contributed by atoms with E-state index in [4.69, 9.17) is 16.3 Å². The van der Waals surface area contributed by atoms with E-state index >= 15 is 0 Å². The van der Waals surface area contributed by atoms with Gasteiger partial charge in [-0.3, -0.25) is 4.79 Å². The zero-order valence-electron chi connectivity index (χ0n) is 19.5. The van der Waals surface area contributed by atoms with Gasteiger partial charge in [0, 0.05) is 16.4 Å². The number of fused-ring (bicyclic) bond motifs is 1. The van der Waals surface area contributed by atoms with Crippen LogP contribution in [-0.2, 0) is 14.3 Å². The molecule has 9 heteroatoms. The Bertz CT molecular complexity index is 1270. The van der Waals surface area contributed by atoms with Crippen LogP contribution in [0.5, 0.6) is 0 Å². The lowest BCUT2D eigenvalue weighted by Gasteiger charge is -2.35. The van der Waals surface area contributed by atoms with Crippen LogP contribution in [0.25, 0.3) is 0 Å². The van der Waals surface area contributed by atoms with Gasteiger partial charge in [0.1, 0.15) is 18.9 Å². The molecule has 1 amide bonds. The summed E-state index contributed by atoms with van der Waals surface area (Å²) in [4.78, 5) is 32.2. The van der Waals surface area contributed by atoms with Crippen molar-refractivity contribution in [2.75, 3.05) is 23.4 Å². The predicted octanol–water partition coefficient (Wildman–Crippen LogP) is 4.43. The van der Waals surface area contributed by atoms with Gasteiger partial charge in [-0.1, -0.05) is 47.5 Å². The van der Waals surface area contributed by atoms with E-state index in [0.29, 0.717) is 27.9 Å². The normalized spacial score (nSPS) is 15.2. The van der Waals surface area contributed by atoms with Crippen LogP contribution in [0, 0.1) is 13.8 Å².